The molecule has 1 heterocycles. The van der Waals surface area contributed by atoms with E-state index in [1.54, 1.807) is 25.1 Å². The fourth-order valence-electron chi connectivity index (χ4n) is 5.24. The van der Waals surface area contributed by atoms with E-state index in [0.29, 0.717) is 17.5 Å². The van der Waals surface area contributed by atoms with E-state index < -0.39 is 23.8 Å². The number of rotatable bonds is 5. The van der Waals surface area contributed by atoms with Crippen LogP contribution in [0.3, 0.4) is 0 Å². The lowest BCUT2D eigenvalue weighted by Crippen LogP contribution is -2.48. The number of benzene rings is 2. The van der Waals surface area contributed by atoms with E-state index in [0.717, 1.165) is 6.42 Å². The summed E-state index contributed by atoms with van der Waals surface area (Å²) in [6.07, 6.45) is 1.35. The number of likely N-dealkylation sites (tertiary alicyclic amines) is 1. The van der Waals surface area contributed by atoms with Crippen LogP contribution in [0.1, 0.15) is 48.2 Å². The third-order valence-electron chi connectivity index (χ3n) is 7.06. The first-order valence-corrected chi connectivity index (χ1v) is 11.1. The summed E-state index contributed by atoms with van der Waals surface area (Å²) in [6.45, 7) is 3.64. The molecule has 2 aliphatic carbocycles. The number of esters is 1. The molecule has 2 amide bonds. The predicted octanol–water partition coefficient (Wildman–Crippen LogP) is 3.48. The monoisotopic (exact) mass is 454 g/mol. The number of ether oxygens (including phenoxy) is 1. The second kappa shape index (κ2) is 7.37. The summed E-state index contributed by atoms with van der Waals surface area (Å²) in [5.74, 6) is -4.64. The Bertz CT molecular complexity index is 1180. The van der Waals surface area contributed by atoms with Crippen molar-refractivity contribution in [2.24, 2.45) is 5.41 Å². The number of fused-ring (bicyclic) bond motifs is 4. The summed E-state index contributed by atoms with van der Waals surface area (Å²) in [5, 5.41) is 2.53. The molecular weight excluding hydrogens is 430 g/mol. The van der Waals surface area contributed by atoms with Gasteiger partial charge in [0.25, 0.3) is 11.8 Å². The average Bonchev–Trinajstić information content (AvgIpc) is 3.28. The van der Waals surface area contributed by atoms with Gasteiger partial charge in [-0.1, -0.05) is 37.3 Å². The van der Waals surface area contributed by atoms with Crippen LogP contribution in [0.2, 0.25) is 0 Å². The minimum atomic E-state index is -3.20. The molecule has 6 nitrogen and oxygen atoms in total. The van der Waals surface area contributed by atoms with Gasteiger partial charge >= 0.3 is 5.97 Å². The Morgan fingerprint density at radius 2 is 1.82 bits per heavy atom. The van der Waals surface area contributed by atoms with Crippen molar-refractivity contribution in [3.8, 4) is 11.1 Å². The van der Waals surface area contributed by atoms with E-state index in [-0.39, 0.29) is 47.2 Å². The third kappa shape index (κ3) is 3.31. The quantitative estimate of drug-likeness (QED) is 0.702. The van der Waals surface area contributed by atoms with Gasteiger partial charge in [0.15, 0.2) is 0 Å². The summed E-state index contributed by atoms with van der Waals surface area (Å²) < 4.78 is 35.0. The van der Waals surface area contributed by atoms with E-state index in [1.165, 1.54) is 29.2 Å². The summed E-state index contributed by atoms with van der Waals surface area (Å²) in [7, 11) is 0. The molecule has 2 aromatic carbocycles. The predicted molar refractivity (Wildman–Crippen MR) is 116 cm³/mol. The Kier molecular flexibility index (Phi) is 4.81. The van der Waals surface area contributed by atoms with Gasteiger partial charge in [0, 0.05) is 22.7 Å². The molecule has 0 spiro atoms. The molecule has 1 N–H and O–H groups in total. The zero-order chi connectivity index (χ0) is 23.5. The summed E-state index contributed by atoms with van der Waals surface area (Å²) in [5.41, 5.74) is 0.487. The molecule has 1 saturated heterocycles. The molecule has 2 aromatic rings. The summed E-state index contributed by atoms with van der Waals surface area (Å²) in [6, 6.07) is 9.75. The highest BCUT2D eigenvalue weighted by Gasteiger charge is 2.64. The Balaban J connectivity index is 1.30. The maximum absolute atomic E-state index is 14.9. The number of hydrogen-bond acceptors (Lipinski definition) is 4. The first-order chi connectivity index (χ1) is 15.7. The highest BCUT2D eigenvalue weighted by atomic mass is 19.3. The third-order valence-corrected chi connectivity index (χ3v) is 7.06. The minimum Gasteiger partial charge on any atom is -0.464 e. The standard InChI is InChI=1S/C25H24F2N2O4/c1-3-33-23(32)19-11-24(2)12-20(24)29(19)21(30)13-28-22(31)14-8-9-16-15-6-4-5-7-17(15)25(26,27)18(16)10-14/h4-10,19-20H,3,11-13H2,1-2H3,(H,28,31)/t19-,20-,24+/m0/s1. The zero-order valence-corrected chi connectivity index (χ0v) is 18.4. The molecule has 8 heteroatoms. The number of piperidine rings is 1. The number of hydrogen-bond donors (Lipinski definition) is 1. The van der Waals surface area contributed by atoms with E-state index in [4.69, 9.17) is 4.74 Å². The minimum absolute atomic E-state index is 0.0477. The molecule has 0 radical (unpaired) electrons. The number of amides is 2. The van der Waals surface area contributed by atoms with Crippen molar-refractivity contribution < 1.29 is 27.9 Å². The van der Waals surface area contributed by atoms with Crippen molar-refractivity contribution in [2.75, 3.05) is 13.2 Å². The van der Waals surface area contributed by atoms with Crippen molar-refractivity contribution in [1.29, 1.82) is 0 Å². The lowest BCUT2D eigenvalue weighted by molar-refractivity contribution is -0.153. The molecule has 0 aromatic heterocycles. The molecule has 0 bridgehead atoms. The van der Waals surface area contributed by atoms with Gasteiger partial charge in [0.2, 0.25) is 5.91 Å². The second-order valence-corrected chi connectivity index (χ2v) is 9.21. The number of nitrogens with one attached hydrogen (secondary N) is 1. The molecule has 3 atom stereocenters. The zero-order valence-electron chi connectivity index (χ0n) is 18.4. The Hall–Kier alpha value is -3.29. The van der Waals surface area contributed by atoms with E-state index in [1.807, 2.05) is 6.92 Å². The number of carbonyl (C=O) groups is 3. The number of carbonyl (C=O) groups excluding carboxylic acids is 3. The van der Waals surface area contributed by atoms with Gasteiger partial charge in [0.05, 0.1) is 13.2 Å². The summed E-state index contributed by atoms with van der Waals surface area (Å²) in [4.78, 5) is 39.4. The summed E-state index contributed by atoms with van der Waals surface area (Å²) >= 11 is 0. The molecule has 2 fully saturated rings. The molecular formula is C25H24F2N2O4. The van der Waals surface area contributed by atoms with Gasteiger partial charge in [-0.15, -0.1) is 0 Å². The largest absolute Gasteiger partial charge is 0.464 e. The van der Waals surface area contributed by atoms with Gasteiger partial charge in [-0.3, -0.25) is 9.59 Å². The molecule has 0 unspecified atom stereocenters. The maximum atomic E-state index is 14.9. The van der Waals surface area contributed by atoms with E-state index >= 15 is 0 Å². The van der Waals surface area contributed by atoms with Crippen LogP contribution in [0.4, 0.5) is 8.78 Å². The average molecular weight is 454 g/mol. The maximum Gasteiger partial charge on any atom is 0.328 e. The van der Waals surface area contributed by atoms with Crippen LogP contribution in [-0.4, -0.2) is 47.9 Å². The normalized spacial score (nSPS) is 25.6. The van der Waals surface area contributed by atoms with Gasteiger partial charge in [-0.25, -0.2) is 4.79 Å². The Morgan fingerprint density at radius 1 is 1.09 bits per heavy atom. The smallest absolute Gasteiger partial charge is 0.328 e. The fraction of sp³-hybridized carbons (Fsp3) is 0.400. The van der Waals surface area contributed by atoms with Gasteiger partial charge in [-0.05, 0) is 48.4 Å². The highest BCUT2D eigenvalue weighted by molar-refractivity contribution is 5.98. The van der Waals surface area contributed by atoms with Crippen LogP contribution >= 0.6 is 0 Å². The lowest BCUT2D eigenvalue weighted by atomic mass is 10.0. The van der Waals surface area contributed by atoms with Crippen LogP contribution in [-0.2, 0) is 20.2 Å². The van der Waals surface area contributed by atoms with Gasteiger partial charge in [0.1, 0.15) is 6.04 Å². The fourth-order valence-corrected chi connectivity index (χ4v) is 5.24. The molecule has 172 valence electrons. The highest BCUT2D eigenvalue weighted by Crippen LogP contribution is 2.59. The van der Waals surface area contributed by atoms with Gasteiger partial charge < -0.3 is 15.0 Å². The Labute approximate surface area is 189 Å². The molecule has 5 rings (SSSR count). The van der Waals surface area contributed by atoms with E-state index in [2.05, 4.69) is 5.32 Å². The first-order valence-electron chi connectivity index (χ1n) is 11.1. The van der Waals surface area contributed by atoms with Crippen LogP contribution in [0.25, 0.3) is 11.1 Å². The van der Waals surface area contributed by atoms with Gasteiger partial charge in [-0.2, -0.15) is 8.78 Å². The van der Waals surface area contributed by atoms with Crippen LogP contribution in [0.5, 0.6) is 0 Å². The molecule has 3 aliphatic rings. The van der Waals surface area contributed by atoms with E-state index in [9.17, 15) is 23.2 Å². The molecule has 33 heavy (non-hydrogen) atoms. The Morgan fingerprint density at radius 3 is 2.58 bits per heavy atom. The number of alkyl halides is 2. The second-order valence-electron chi connectivity index (χ2n) is 9.21. The van der Waals surface area contributed by atoms with Crippen LogP contribution in [0.15, 0.2) is 42.5 Å². The first kappa shape index (κ1) is 21.6. The van der Waals surface area contributed by atoms with Crippen LogP contribution in [0, 0.1) is 5.41 Å². The van der Waals surface area contributed by atoms with Crippen molar-refractivity contribution in [1.82, 2.24) is 10.2 Å². The van der Waals surface area contributed by atoms with Crippen molar-refractivity contribution in [2.45, 2.75) is 44.7 Å². The van der Waals surface area contributed by atoms with Crippen LogP contribution < -0.4 is 5.32 Å². The molecule has 1 aliphatic heterocycles. The number of halogens is 2. The van der Waals surface area contributed by atoms with Crippen molar-refractivity contribution >= 4 is 17.8 Å². The SMILES string of the molecule is CCOC(=O)[C@@H]1C[C@]2(C)C[C@@H]2N1C(=O)CNC(=O)c1ccc2c(c1)C(F)(F)c1ccccc1-2. The van der Waals surface area contributed by atoms with Crippen molar-refractivity contribution in [3.05, 3.63) is 59.2 Å². The topological polar surface area (TPSA) is 75.7 Å². The number of nitrogens with zero attached hydrogens (tertiary/aromatic N) is 1. The molecule has 1 saturated carbocycles. The van der Waals surface area contributed by atoms with Crippen molar-refractivity contribution in [3.63, 3.8) is 0 Å². The lowest BCUT2D eigenvalue weighted by Gasteiger charge is -2.26.